The summed E-state index contributed by atoms with van der Waals surface area (Å²) in [5, 5.41) is 9.42. The third kappa shape index (κ3) is 3.22. The van der Waals surface area contributed by atoms with Crippen LogP contribution in [0.25, 0.3) is 0 Å². The molecule has 0 spiro atoms. The number of hydrogen-bond acceptors (Lipinski definition) is 6. The van der Waals surface area contributed by atoms with Crippen LogP contribution in [0, 0.1) is 29.6 Å². The molecule has 2 bridgehead atoms. The highest BCUT2D eigenvalue weighted by molar-refractivity contribution is 5.66. The molecule has 0 amide bonds. The Hall–Kier alpha value is -0.950. The summed E-state index contributed by atoms with van der Waals surface area (Å²) in [5.74, 6) is 1.36. The molecular formula is C22H34O6. The Kier molecular flexibility index (Phi) is 5.36. The van der Waals surface area contributed by atoms with E-state index in [0.717, 1.165) is 18.4 Å². The normalized spacial score (nSPS) is 50.9. The van der Waals surface area contributed by atoms with Gasteiger partial charge in [-0.1, -0.05) is 20.4 Å². The van der Waals surface area contributed by atoms with Gasteiger partial charge in [0.15, 0.2) is 0 Å². The van der Waals surface area contributed by atoms with Gasteiger partial charge in [-0.15, -0.1) is 0 Å². The van der Waals surface area contributed by atoms with Crippen LogP contribution < -0.4 is 0 Å². The maximum atomic E-state index is 11.9. The summed E-state index contributed by atoms with van der Waals surface area (Å²) < 4.78 is 19.1. The molecule has 3 heterocycles. The summed E-state index contributed by atoms with van der Waals surface area (Å²) in [5.41, 5.74) is 0.378. The number of esters is 1. The number of fused-ring (bicyclic) bond motifs is 2. The molecule has 1 aliphatic carbocycles. The van der Waals surface area contributed by atoms with Gasteiger partial charge in [0.25, 0.3) is 0 Å². The topological polar surface area (TPSA) is 74.2 Å². The molecule has 6 nitrogen and oxygen atoms in total. The van der Waals surface area contributed by atoms with E-state index in [1.807, 2.05) is 0 Å². The first-order chi connectivity index (χ1) is 13.2. The monoisotopic (exact) mass is 394 g/mol. The second-order valence-electron chi connectivity index (χ2n) is 9.80. The maximum absolute atomic E-state index is 11.9. The zero-order valence-electron chi connectivity index (χ0n) is 17.4. The fraction of sp³-hybridized carbons (Fsp3) is 0.864. The lowest BCUT2D eigenvalue weighted by Gasteiger charge is -2.46. The minimum atomic E-state index is -0.455. The van der Waals surface area contributed by atoms with Crippen LogP contribution in [-0.4, -0.2) is 47.9 Å². The van der Waals surface area contributed by atoms with Crippen molar-refractivity contribution < 1.29 is 29.1 Å². The highest BCUT2D eigenvalue weighted by Gasteiger charge is 2.63. The minimum absolute atomic E-state index is 0.0479. The number of hydrogen-bond donors (Lipinski definition) is 1. The molecule has 3 aliphatic heterocycles. The van der Waals surface area contributed by atoms with Crippen molar-refractivity contribution in [2.75, 3.05) is 6.61 Å². The molecule has 0 aromatic heterocycles. The highest BCUT2D eigenvalue weighted by Crippen LogP contribution is 2.57. The summed E-state index contributed by atoms with van der Waals surface area (Å²) >= 11 is 0. The predicted octanol–water partition coefficient (Wildman–Crippen LogP) is 3.60. The maximum Gasteiger partial charge on any atom is 0.302 e. The van der Waals surface area contributed by atoms with Crippen LogP contribution >= 0.6 is 0 Å². The van der Waals surface area contributed by atoms with Crippen molar-refractivity contribution in [1.29, 1.82) is 0 Å². The van der Waals surface area contributed by atoms with Gasteiger partial charge in [0.1, 0.15) is 12.2 Å². The van der Waals surface area contributed by atoms with Crippen LogP contribution in [0.15, 0.2) is 12.2 Å². The van der Waals surface area contributed by atoms with Crippen LogP contribution in [0.4, 0.5) is 0 Å². The standard InChI is InChI=1S/C22H34O6/c1-11-9-17-19-18-15(8-12(2)20(19)26-14(4)23)13(3)10-25-22(5,21(18)27-17)7-6-16(11)28-24/h12-13,15-21,24H,1,6-10H2,2-5H3/t12-,13+,15+,16-,17+,18+,19+,20-,21+,22+/m1/s1. The van der Waals surface area contributed by atoms with Gasteiger partial charge in [-0.25, -0.2) is 4.89 Å². The molecule has 10 atom stereocenters. The molecule has 158 valence electrons. The Bertz CT molecular complexity index is 635. The summed E-state index contributed by atoms with van der Waals surface area (Å²) in [6.07, 6.45) is 2.26. The summed E-state index contributed by atoms with van der Waals surface area (Å²) in [6.45, 7) is 13.0. The Morgan fingerprint density at radius 3 is 2.71 bits per heavy atom. The fourth-order valence-electron chi connectivity index (χ4n) is 6.47. The van der Waals surface area contributed by atoms with Crippen molar-refractivity contribution in [3.05, 3.63) is 12.2 Å². The van der Waals surface area contributed by atoms with Crippen LogP contribution in [0.2, 0.25) is 0 Å². The smallest absolute Gasteiger partial charge is 0.302 e. The average Bonchev–Trinajstić information content (AvgIpc) is 2.99. The third-order valence-electron chi connectivity index (χ3n) is 7.88. The lowest BCUT2D eigenvalue weighted by Crippen LogP contribution is -2.52. The largest absolute Gasteiger partial charge is 0.462 e. The molecular weight excluding hydrogens is 360 g/mol. The van der Waals surface area contributed by atoms with Crippen molar-refractivity contribution >= 4 is 5.97 Å². The molecule has 3 saturated heterocycles. The quantitative estimate of drug-likeness (QED) is 0.334. The van der Waals surface area contributed by atoms with Gasteiger partial charge < -0.3 is 14.2 Å². The van der Waals surface area contributed by atoms with Crippen molar-refractivity contribution in [3.8, 4) is 0 Å². The van der Waals surface area contributed by atoms with E-state index in [4.69, 9.17) is 19.1 Å². The van der Waals surface area contributed by atoms with Gasteiger partial charge in [-0.05, 0) is 61.9 Å². The molecule has 28 heavy (non-hydrogen) atoms. The number of carbonyl (C=O) groups is 1. The molecule has 4 aliphatic rings. The zero-order chi connectivity index (χ0) is 20.2. The van der Waals surface area contributed by atoms with Gasteiger partial charge >= 0.3 is 5.97 Å². The Morgan fingerprint density at radius 2 is 2.04 bits per heavy atom. The molecule has 6 heteroatoms. The summed E-state index contributed by atoms with van der Waals surface area (Å²) in [6, 6.07) is 0. The van der Waals surface area contributed by atoms with E-state index in [0.29, 0.717) is 37.2 Å². The molecule has 4 fully saturated rings. The van der Waals surface area contributed by atoms with Crippen LogP contribution in [0.3, 0.4) is 0 Å². The first kappa shape index (κ1) is 20.3. The average molecular weight is 395 g/mol. The van der Waals surface area contributed by atoms with Gasteiger partial charge in [0, 0.05) is 12.8 Å². The number of ether oxygens (including phenoxy) is 3. The zero-order valence-corrected chi connectivity index (χ0v) is 17.4. The number of rotatable bonds is 2. The first-order valence-electron chi connectivity index (χ1n) is 10.7. The molecule has 4 rings (SSSR count). The molecule has 0 aromatic rings. The molecule has 0 aromatic carbocycles. The van der Waals surface area contributed by atoms with Crippen molar-refractivity contribution in [3.63, 3.8) is 0 Å². The lowest BCUT2D eigenvalue weighted by molar-refractivity contribution is -0.272. The Balaban J connectivity index is 1.78. The first-order valence-corrected chi connectivity index (χ1v) is 10.7. The van der Waals surface area contributed by atoms with Crippen LogP contribution in [0.5, 0.6) is 0 Å². The molecule has 1 N–H and O–H groups in total. The highest BCUT2D eigenvalue weighted by atomic mass is 17.1. The van der Waals surface area contributed by atoms with E-state index < -0.39 is 11.7 Å². The Labute approximate surface area is 167 Å². The lowest BCUT2D eigenvalue weighted by atomic mass is 9.59. The van der Waals surface area contributed by atoms with Gasteiger partial charge in [-0.3, -0.25) is 10.1 Å². The van der Waals surface area contributed by atoms with Crippen LogP contribution in [-0.2, 0) is 23.9 Å². The second kappa shape index (κ2) is 7.38. The summed E-state index contributed by atoms with van der Waals surface area (Å²) in [7, 11) is 0. The van der Waals surface area contributed by atoms with E-state index in [9.17, 15) is 10.1 Å². The predicted molar refractivity (Wildman–Crippen MR) is 102 cm³/mol. The SMILES string of the molecule is C=C1C[C@@H]2O[C@H]3[C@H]4[C@@H](C[C@@H](C)[C@@H](OC(C)=O)[C@H]42)[C@@H](C)CO[C@@]3(C)CC[C@H]1OO. The van der Waals surface area contributed by atoms with E-state index >= 15 is 0 Å². The van der Waals surface area contributed by atoms with Crippen molar-refractivity contribution in [2.45, 2.75) is 83.4 Å². The minimum Gasteiger partial charge on any atom is -0.462 e. The van der Waals surface area contributed by atoms with E-state index in [-0.39, 0.29) is 36.1 Å². The van der Waals surface area contributed by atoms with Crippen molar-refractivity contribution in [1.82, 2.24) is 0 Å². The Morgan fingerprint density at radius 1 is 1.29 bits per heavy atom. The van der Waals surface area contributed by atoms with Crippen molar-refractivity contribution in [2.24, 2.45) is 29.6 Å². The molecule has 0 unspecified atom stereocenters. The third-order valence-corrected chi connectivity index (χ3v) is 7.88. The fourth-order valence-corrected chi connectivity index (χ4v) is 6.47. The molecule has 1 saturated carbocycles. The van der Waals surface area contributed by atoms with Crippen LogP contribution in [0.1, 0.15) is 53.4 Å². The second-order valence-corrected chi connectivity index (χ2v) is 9.80. The van der Waals surface area contributed by atoms with E-state index in [2.05, 4.69) is 27.4 Å². The van der Waals surface area contributed by atoms with E-state index in [1.54, 1.807) is 0 Å². The molecule has 0 radical (unpaired) electrons. The van der Waals surface area contributed by atoms with Gasteiger partial charge in [-0.2, -0.15) is 0 Å². The van der Waals surface area contributed by atoms with E-state index in [1.165, 1.54) is 6.92 Å². The van der Waals surface area contributed by atoms with Gasteiger partial charge in [0.05, 0.1) is 24.4 Å². The number of carbonyl (C=O) groups excluding carboxylic acids is 1. The summed E-state index contributed by atoms with van der Waals surface area (Å²) in [4.78, 5) is 16.6. The van der Waals surface area contributed by atoms with Gasteiger partial charge in [0.2, 0.25) is 0 Å².